The molecule has 0 spiro atoms. The van der Waals surface area contributed by atoms with Crippen LogP contribution in [0.5, 0.6) is 0 Å². The maximum absolute atomic E-state index is 4.76. The number of rotatable bonds is 5. The van der Waals surface area contributed by atoms with Crippen molar-refractivity contribution in [2.24, 2.45) is 5.92 Å². The molecule has 0 aliphatic carbocycles. The van der Waals surface area contributed by atoms with E-state index in [4.69, 9.17) is 4.98 Å². The van der Waals surface area contributed by atoms with Gasteiger partial charge in [-0.25, -0.2) is 4.98 Å². The fraction of sp³-hybridized carbons (Fsp3) is 0.786. The van der Waals surface area contributed by atoms with Crippen molar-refractivity contribution < 1.29 is 0 Å². The summed E-state index contributed by atoms with van der Waals surface area (Å²) in [5.74, 6) is 0.879. The van der Waals surface area contributed by atoms with E-state index in [-0.39, 0.29) is 0 Å². The van der Waals surface area contributed by atoms with Gasteiger partial charge in [0.05, 0.1) is 5.69 Å². The fourth-order valence-electron chi connectivity index (χ4n) is 2.71. The Balaban J connectivity index is 2.06. The maximum Gasteiger partial charge on any atom is 0.185 e. The normalized spacial score (nSPS) is 21.6. The van der Waals surface area contributed by atoms with E-state index in [1.807, 2.05) is 18.4 Å². The van der Waals surface area contributed by atoms with Gasteiger partial charge in [-0.3, -0.25) is 0 Å². The van der Waals surface area contributed by atoms with Gasteiger partial charge in [0.15, 0.2) is 5.13 Å². The molecule has 1 aromatic heterocycles. The monoisotopic (exact) mass is 267 g/mol. The zero-order valence-corrected chi connectivity index (χ0v) is 12.8. The van der Waals surface area contributed by atoms with E-state index < -0.39 is 0 Å². The molecule has 1 saturated heterocycles. The smallest absolute Gasteiger partial charge is 0.185 e. The summed E-state index contributed by atoms with van der Waals surface area (Å²) in [6.07, 6.45) is 4.00. The van der Waals surface area contributed by atoms with Crippen LogP contribution in [-0.4, -0.2) is 25.1 Å². The maximum atomic E-state index is 4.76. The minimum absolute atomic E-state index is 0.408. The first-order chi connectivity index (χ1) is 8.65. The summed E-state index contributed by atoms with van der Waals surface area (Å²) in [4.78, 5) is 8.62. The SMILES string of the molecule is CCCC1CCN(c2nc(C)c(C(C)NC)s2)C1. The molecule has 102 valence electrons. The molecule has 1 aliphatic heterocycles. The third kappa shape index (κ3) is 2.86. The van der Waals surface area contributed by atoms with Gasteiger partial charge in [-0.2, -0.15) is 0 Å². The van der Waals surface area contributed by atoms with Crippen molar-refractivity contribution in [2.45, 2.75) is 46.1 Å². The van der Waals surface area contributed by atoms with Crippen LogP contribution >= 0.6 is 11.3 Å². The number of nitrogens with one attached hydrogen (secondary N) is 1. The molecule has 18 heavy (non-hydrogen) atoms. The van der Waals surface area contributed by atoms with Gasteiger partial charge in [-0.15, -0.1) is 11.3 Å². The van der Waals surface area contributed by atoms with Gasteiger partial charge >= 0.3 is 0 Å². The van der Waals surface area contributed by atoms with Crippen LogP contribution in [0.1, 0.15) is 49.7 Å². The quantitative estimate of drug-likeness (QED) is 0.886. The summed E-state index contributed by atoms with van der Waals surface area (Å²) in [7, 11) is 2.01. The molecule has 0 radical (unpaired) electrons. The first-order valence-corrected chi connectivity index (χ1v) is 7.86. The summed E-state index contributed by atoms with van der Waals surface area (Å²) in [5.41, 5.74) is 1.19. The second-order valence-electron chi connectivity index (χ2n) is 5.35. The lowest BCUT2D eigenvalue weighted by molar-refractivity contribution is 0.530. The highest BCUT2D eigenvalue weighted by Crippen LogP contribution is 2.34. The molecule has 1 aliphatic rings. The van der Waals surface area contributed by atoms with Crippen molar-refractivity contribution in [1.29, 1.82) is 0 Å². The number of aryl methyl sites for hydroxylation is 1. The minimum Gasteiger partial charge on any atom is -0.348 e. The van der Waals surface area contributed by atoms with Gasteiger partial charge in [0.2, 0.25) is 0 Å². The van der Waals surface area contributed by atoms with Crippen LogP contribution in [0.4, 0.5) is 5.13 Å². The number of hydrogen-bond donors (Lipinski definition) is 1. The first-order valence-electron chi connectivity index (χ1n) is 7.05. The van der Waals surface area contributed by atoms with Crippen LogP contribution in [0.25, 0.3) is 0 Å². The number of anilines is 1. The fourth-order valence-corrected chi connectivity index (χ4v) is 3.87. The van der Waals surface area contributed by atoms with E-state index in [9.17, 15) is 0 Å². The Kier molecular flexibility index (Phi) is 4.62. The molecule has 4 heteroatoms. The number of nitrogens with zero attached hydrogens (tertiary/aromatic N) is 2. The van der Waals surface area contributed by atoms with Crippen LogP contribution in [-0.2, 0) is 0 Å². The van der Waals surface area contributed by atoms with Gasteiger partial charge in [-0.1, -0.05) is 13.3 Å². The molecule has 0 aromatic carbocycles. The Morgan fingerprint density at radius 1 is 1.56 bits per heavy atom. The second-order valence-corrected chi connectivity index (χ2v) is 6.35. The molecule has 0 amide bonds. The lowest BCUT2D eigenvalue weighted by Crippen LogP contribution is -2.19. The average Bonchev–Trinajstić information content (AvgIpc) is 2.95. The Morgan fingerprint density at radius 3 is 3.00 bits per heavy atom. The Bertz CT molecular complexity index is 388. The van der Waals surface area contributed by atoms with Gasteiger partial charge in [-0.05, 0) is 39.7 Å². The molecule has 1 fully saturated rings. The van der Waals surface area contributed by atoms with E-state index in [0.717, 1.165) is 5.92 Å². The molecule has 1 aromatic rings. The van der Waals surface area contributed by atoms with Gasteiger partial charge in [0, 0.05) is 24.0 Å². The zero-order valence-electron chi connectivity index (χ0n) is 12.0. The van der Waals surface area contributed by atoms with Crippen LogP contribution in [0.15, 0.2) is 0 Å². The van der Waals surface area contributed by atoms with E-state index >= 15 is 0 Å². The molecule has 3 nitrogen and oxygen atoms in total. The van der Waals surface area contributed by atoms with E-state index in [1.54, 1.807) is 0 Å². The summed E-state index contributed by atoms with van der Waals surface area (Å²) in [6.45, 7) is 9.00. The number of thiazole rings is 1. The van der Waals surface area contributed by atoms with Crippen molar-refractivity contribution in [3.63, 3.8) is 0 Å². The van der Waals surface area contributed by atoms with Crippen LogP contribution in [0.3, 0.4) is 0 Å². The van der Waals surface area contributed by atoms with E-state index in [0.29, 0.717) is 6.04 Å². The highest BCUT2D eigenvalue weighted by Gasteiger charge is 2.25. The van der Waals surface area contributed by atoms with Crippen LogP contribution < -0.4 is 10.2 Å². The van der Waals surface area contributed by atoms with Crippen molar-refractivity contribution in [1.82, 2.24) is 10.3 Å². The van der Waals surface area contributed by atoms with Crippen molar-refractivity contribution in [3.05, 3.63) is 10.6 Å². The summed E-state index contributed by atoms with van der Waals surface area (Å²) < 4.78 is 0. The third-order valence-corrected chi connectivity index (χ3v) is 5.30. The van der Waals surface area contributed by atoms with E-state index in [2.05, 4.69) is 31.0 Å². The standard InChI is InChI=1S/C14H25N3S/c1-5-6-12-7-8-17(9-12)14-16-11(3)13(18-14)10(2)15-4/h10,12,15H,5-9H2,1-4H3. The minimum atomic E-state index is 0.408. The predicted molar refractivity (Wildman–Crippen MR) is 79.6 cm³/mol. The second kappa shape index (κ2) is 6.02. The molecule has 2 unspecified atom stereocenters. The van der Waals surface area contributed by atoms with Gasteiger partial charge in [0.25, 0.3) is 0 Å². The highest BCUT2D eigenvalue weighted by molar-refractivity contribution is 7.15. The highest BCUT2D eigenvalue weighted by atomic mass is 32.1. The first kappa shape index (κ1) is 13.8. The van der Waals surface area contributed by atoms with Crippen molar-refractivity contribution >= 4 is 16.5 Å². The Hall–Kier alpha value is -0.610. The van der Waals surface area contributed by atoms with Crippen molar-refractivity contribution in [2.75, 3.05) is 25.0 Å². The molecule has 2 rings (SSSR count). The zero-order chi connectivity index (χ0) is 13.1. The van der Waals surface area contributed by atoms with Crippen LogP contribution in [0.2, 0.25) is 0 Å². The largest absolute Gasteiger partial charge is 0.348 e. The Labute approximate surface area is 115 Å². The summed E-state index contributed by atoms with van der Waals surface area (Å²) in [5, 5.41) is 4.53. The average molecular weight is 267 g/mol. The molecule has 0 saturated carbocycles. The van der Waals surface area contributed by atoms with Gasteiger partial charge in [0.1, 0.15) is 0 Å². The lowest BCUT2D eigenvalue weighted by atomic mass is 10.0. The predicted octanol–water partition coefficient (Wildman–Crippen LogP) is 3.36. The Morgan fingerprint density at radius 2 is 2.33 bits per heavy atom. The molecular formula is C14H25N3S. The van der Waals surface area contributed by atoms with E-state index in [1.165, 1.54) is 48.1 Å². The van der Waals surface area contributed by atoms with Gasteiger partial charge < -0.3 is 10.2 Å². The topological polar surface area (TPSA) is 28.2 Å². The molecule has 2 atom stereocenters. The summed E-state index contributed by atoms with van der Waals surface area (Å²) >= 11 is 1.86. The molecule has 0 bridgehead atoms. The van der Waals surface area contributed by atoms with Crippen molar-refractivity contribution in [3.8, 4) is 0 Å². The molecular weight excluding hydrogens is 242 g/mol. The number of hydrogen-bond acceptors (Lipinski definition) is 4. The molecule has 2 heterocycles. The lowest BCUT2D eigenvalue weighted by Gasteiger charge is -2.14. The molecule has 1 N–H and O–H groups in total. The third-order valence-electron chi connectivity index (χ3n) is 3.90. The number of aromatic nitrogens is 1. The summed E-state index contributed by atoms with van der Waals surface area (Å²) in [6, 6.07) is 0.408. The van der Waals surface area contributed by atoms with Crippen LogP contribution in [0, 0.1) is 12.8 Å².